The average Bonchev–Trinajstić information content (AvgIpc) is 2.57. The fourth-order valence-corrected chi connectivity index (χ4v) is 1.77. The molecule has 0 radical (unpaired) electrons. The van der Waals surface area contributed by atoms with Crippen LogP contribution in [0.15, 0.2) is 24.3 Å². The third-order valence-electron chi connectivity index (χ3n) is 3.03. The molecule has 1 rings (SSSR count). The fourth-order valence-electron chi connectivity index (χ4n) is 1.77. The molecule has 7 nitrogen and oxygen atoms in total. The van der Waals surface area contributed by atoms with Crippen molar-refractivity contribution in [2.45, 2.75) is 20.0 Å². The predicted octanol–water partition coefficient (Wildman–Crippen LogP) is 1.71. The van der Waals surface area contributed by atoms with E-state index in [1.165, 1.54) is 13.0 Å². The molecule has 24 heavy (non-hydrogen) atoms. The first-order valence-corrected chi connectivity index (χ1v) is 7.59. The van der Waals surface area contributed by atoms with Crippen LogP contribution in [0.3, 0.4) is 0 Å². The lowest BCUT2D eigenvalue weighted by molar-refractivity contribution is -0.148. The van der Waals surface area contributed by atoms with Crippen molar-refractivity contribution in [3.05, 3.63) is 29.8 Å². The summed E-state index contributed by atoms with van der Waals surface area (Å²) in [5.41, 5.74) is 0.793. The molecule has 0 heterocycles. The van der Waals surface area contributed by atoms with Crippen molar-refractivity contribution >= 4 is 18.0 Å². The number of ether oxygens (including phenoxy) is 3. The first-order chi connectivity index (χ1) is 11.5. The molecule has 7 heteroatoms. The quantitative estimate of drug-likeness (QED) is 0.499. The van der Waals surface area contributed by atoms with Crippen LogP contribution in [0.25, 0.3) is 6.08 Å². The molecule has 132 valence electrons. The van der Waals surface area contributed by atoms with Gasteiger partial charge in [-0.2, -0.15) is 0 Å². The molecule has 0 spiro atoms. The van der Waals surface area contributed by atoms with Gasteiger partial charge in [-0.1, -0.05) is 6.07 Å². The van der Waals surface area contributed by atoms with Crippen LogP contribution in [-0.2, 0) is 14.3 Å². The smallest absolute Gasteiger partial charge is 0.332 e. The number of carbonyl (C=O) groups is 2. The van der Waals surface area contributed by atoms with Gasteiger partial charge < -0.3 is 24.6 Å². The average molecular weight is 337 g/mol. The lowest BCUT2D eigenvalue weighted by Crippen LogP contribution is -2.29. The number of rotatable bonds is 10. The Labute approximate surface area is 141 Å². The first-order valence-electron chi connectivity index (χ1n) is 7.59. The summed E-state index contributed by atoms with van der Waals surface area (Å²) >= 11 is 0. The van der Waals surface area contributed by atoms with Crippen LogP contribution in [0.1, 0.15) is 19.4 Å². The van der Waals surface area contributed by atoms with E-state index in [9.17, 15) is 9.59 Å². The molecule has 2 N–H and O–H groups in total. The van der Waals surface area contributed by atoms with Gasteiger partial charge in [0.2, 0.25) is 5.91 Å². The van der Waals surface area contributed by atoms with Gasteiger partial charge in [0.25, 0.3) is 0 Å². The summed E-state index contributed by atoms with van der Waals surface area (Å²) in [5, 5.41) is 11.3. The molecule has 1 aromatic rings. The summed E-state index contributed by atoms with van der Waals surface area (Å²) in [7, 11) is 1.55. The zero-order valence-electron chi connectivity index (χ0n) is 14.1. The number of hydrogen-bond acceptors (Lipinski definition) is 5. The number of aliphatic carboxylic acids is 1. The summed E-state index contributed by atoms with van der Waals surface area (Å²) in [6.45, 7) is 4.22. The number of nitrogens with one attached hydrogen (secondary N) is 1. The second kappa shape index (κ2) is 10.3. The number of carboxylic acid groups (broad SMARTS) is 1. The van der Waals surface area contributed by atoms with E-state index in [-0.39, 0.29) is 19.1 Å². The van der Waals surface area contributed by atoms with E-state index >= 15 is 0 Å². The zero-order chi connectivity index (χ0) is 17.9. The second-order valence-corrected chi connectivity index (χ2v) is 4.82. The van der Waals surface area contributed by atoms with Crippen molar-refractivity contribution in [2.24, 2.45) is 0 Å². The molecular formula is C17H23NO6. The molecule has 0 aliphatic rings. The highest BCUT2D eigenvalue weighted by Crippen LogP contribution is 2.28. The Morgan fingerprint density at radius 1 is 1.33 bits per heavy atom. The summed E-state index contributed by atoms with van der Waals surface area (Å²) < 4.78 is 15.7. The number of carbonyl (C=O) groups excluding carboxylic acids is 1. The number of amides is 1. The van der Waals surface area contributed by atoms with Gasteiger partial charge in [-0.05, 0) is 37.6 Å². The predicted molar refractivity (Wildman–Crippen MR) is 89.3 cm³/mol. The maximum atomic E-state index is 11.7. The summed E-state index contributed by atoms with van der Waals surface area (Å²) in [4.78, 5) is 22.3. The Kier molecular flexibility index (Phi) is 8.35. The Morgan fingerprint density at radius 3 is 2.71 bits per heavy atom. The van der Waals surface area contributed by atoms with E-state index in [2.05, 4.69) is 5.32 Å². The Bertz CT molecular complexity index is 584. The van der Waals surface area contributed by atoms with Gasteiger partial charge in [0.1, 0.15) is 0 Å². The van der Waals surface area contributed by atoms with Crippen molar-refractivity contribution < 1.29 is 28.9 Å². The molecule has 0 bridgehead atoms. The topological polar surface area (TPSA) is 94.1 Å². The molecule has 1 unspecified atom stereocenters. The first kappa shape index (κ1) is 19.5. The molecular weight excluding hydrogens is 314 g/mol. The molecule has 1 amide bonds. The number of carboxylic acids is 1. The van der Waals surface area contributed by atoms with Crippen LogP contribution in [0.5, 0.6) is 11.5 Å². The largest absolute Gasteiger partial charge is 0.493 e. The highest BCUT2D eigenvalue weighted by Gasteiger charge is 2.10. The van der Waals surface area contributed by atoms with Crippen molar-refractivity contribution in [3.8, 4) is 11.5 Å². The Morgan fingerprint density at radius 2 is 2.08 bits per heavy atom. The van der Waals surface area contributed by atoms with E-state index in [1.54, 1.807) is 25.3 Å². The third kappa shape index (κ3) is 6.70. The molecule has 0 aliphatic carbocycles. The zero-order valence-corrected chi connectivity index (χ0v) is 14.1. The van der Waals surface area contributed by atoms with E-state index in [0.29, 0.717) is 18.1 Å². The minimum Gasteiger partial charge on any atom is -0.493 e. The van der Waals surface area contributed by atoms with Gasteiger partial charge in [0.05, 0.1) is 20.3 Å². The maximum absolute atomic E-state index is 11.7. The van der Waals surface area contributed by atoms with Gasteiger partial charge in [-0.15, -0.1) is 0 Å². The van der Waals surface area contributed by atoms with Crippen LogP contribution in [-0.4, -0.2) is 50.0 Å². The molecule has 0 aromatic heterocycles. The Hall–Kier alpha value is -2.54. The minimum atomic E-state index is -1.04. The van der Waals surface area contributed by atoms with E-state index in [1.807, 2.05) is 13.0 Å². The van der Waals surface area contributed by atoms with Crippen molar-refractivity contribution in [3.63, 3.8) is 0 Å². The summed E-state index contributed by atoms with van der Waals surface area (Å²) in [5.74, 6) is -0.0955. The van der Waals surface area contributed by atoms with Gasteiger partial charge in [-0.25, -0.2) is 4.79 Å². The molecule has 1 aromatic carbocycles. The molecule has 1 atom stereocenters. The number of methoxy groups -OCH3 is 1. The van der Waals surface area contributed by atoms with Gasteiger partial charge in [-0.3, -0.25) is 4.79 Å². The summed E-state index contributed by atoms with van der Waals surface area (Å²) in [6, 6.07) is 5.36. The van der Waals surface area contributed by atoms with Crippen molar-refractivity contribution in [1.29, 1.82) is 0 Å². The SMILES string of the molecule is CCOc1ccc(/C=C/C(=O)NCCOC(C)C(=O)O)cc1OC. The highest BCUT2D eigenvalue weighted by atomic mass is 16.5. The van der Waals surface area contributed by atoms with Crippen LogP contribution in [0.2, 0.25) is 0 Å². The summed E-state index contributed by atoms with van der Waals surface area (Å²) in [6.07, 6.45) is 2.14. The molecule has 0 fully saturated rings. The Balaban J connectivity index is 2.47. The van der Waals surface area contributed by atoms with E-state index in [4.69, 9.17) is 19.3 Å². The second-order valence-electron chi connectivity index (χ2n) is 4.82. The van der Waals surface area contributed by atoms with Crippen LogP contribution >= 0.6 is 0 Å². The van der Waals surface area contributed by atoms with Crippen LogP contribution < -0.4 is 14.8 Å². The van der Waals surface area contributed by atoms with Crippen molar-refractivity contribution in [1.82, 2.24) is 5.32 Å². The lowest BCUT2D eigenvalue weighted by Gasteiger charge is -2.09. The highest BCUT2D eigenvalue weighted by molar-refractivity contribution is 5.91. The van der Waals surface area contributed by atoms with Crippen LogP contribution in [0.4, 0.5) is 0 Å². The third-order valence-corrected chi connectivity index (χ3v) is 3.03. The van der Waals surface area contributed by atoms with E-state index in [0.717, 1.165) is 5.56 Å². The lowest BCUT2D eigenvalue weighted by atomic mass is 10.2. The normalized spacial score (nSPS) is 12.0. The fraction of sp³-hybridized carbons (Fsp3) is 0.412. The number of benzene rings is 1. The van der Waals surface area contributed by atoms with Gasteiger partial charge in [0, 0.05) is 12.6 Å². The monoisotopic (exact) mass is 337 g/mol. The minimum absolute atomic E-state index is 0.129. The molecule has 0 saturated heterocycles. The van der Waals surface area contributed by atoms with Crippen molar-refractivity contribution in [2.75, 3.05) is 26.9 Å². The molecule has 0 aliphatic heterocycles. The molecule has 0 saturated carbocycles. The maximum Gasteiger partial charge on any atom is 0.332 e. The van der Waals surface area contributed by atoms with Crippen LogP contribution in [0, 0.1) is 0 Å². The van der Waals surface area contributed by atoms with E-state index < -0.39 is 12.1 Å². The number of hydrogen-bond donors (Lipinski definition) is 2. The van der Waals surface area contributed by atoms with Gasteiger partial charge >= 0.3 is 5.97 Å². The van der Waals surface area contributed by atoms with Gasteiger partial charge in [0.15, 0.2) is 17.6 Å². The standard InChI is InChI=1S/C17H23NO6/c1-4-23-14-7-5-13(11-15(14)22-3)6-8-16(19)18-9-10-24-12(2)17(20)21/h5-8,11-12H,4,9-10H2,1-3H3,(H,18,19)(H,20,21)/b8-6+.